The molecule has 0 aliphatic heterocycles. The van der Waals surface area contributed by atoms with E-state index in [4.69, 9.17) is 14.2 Å². The Bertz CT molecular complexity index is 1420. The highest BCUT2D eigenvalue weighted by molar-refractivity contribution is 14.1. The van der Waals surface area contributed by atoms with Gasteiger partial charge in [-0.05, 0) is 144 Å². The molecule has 0 aromatic heterocycles. The van der Waals surface area contributed by atoms with Crippen LogP contribution >= 0.6 is 22.6 Å². The van der Waals surface area contributed by atoms with E-state index in [-0.39, 0.29) is 11.0 Å². The van der Waals surface area contributed by atoms with Gasteiger partial charge in [-0.2, -0.15) is 0 Å². The van der Waals surface area contributed by atoms with Crippen molar-refractivity contribution in [2.75, 3.05) is 4.43 Å². The normalized spacial score (nSPS) is 12.2. The third kappa shape index (κ3) is 7.74. The molecular formula is C36H45IO5. The van der Waals surface area contributed by atoms with Gasteiger partial charge in [0, 0.05) is 9.84 Å². The summed E-state index contributed by atoms with van der Waals surface area (Å²) in [6.07, 6.45) is 0.704. The first-order valence-electron chi connectivity index (χ1n) is 14.4. The van der Waals surface area contributed by atoms with Gasteiger partial charge in [0.2, 0.25) is 0 Å². The molecule has 0 aliphatic carbocycles. The van der Waals surface area contributed by atoms with Crippen molar-refractivity contribution in [2.24, 2.45) is 0 Å². The van der Waals surface area contributed by atoms with Crippen LogP contribution in [0.1, 0.15) is 109 Å². The molecule has 42 heavy (non-hydrogen) atoms. The standard InChI is InChI=1S/C36H45IO5/c1-12-34(6,7)42-33(39)27-15-13-26(14-16-27)32(38)40-28-17-22(2)30(23(3)18-28)36(10,11)31-24(4)19-29(20-25(31)5)41-35(8,9)21-37/h13-20H,12,21H2,1-11H3. The minimum absolute atomic E-state index is 0.239. The lowest BCUT2D eigenvalue weighted by Gasteiger charge is -2.34. The highest BCUT2D eigenvalue weighted by Crippen LogP contribution is 2.42. The number of aryl methyl sites for hydroxylation is 4. The van der Waals surface area contributed by atoms with E-state index in [9.17, 15) is 9.59 Å². The number of carbonyl (C=O) groups excluding carboxylic acids is 2. The first kappa shape index (κ1) is 33.6. The Morgan fingerprint density at radius 2 is 1.07 bits per heavy atom. The molecule has 0 heterocycles. The quantitative estimate of drug-likeness (QED) is 0.0922. The fourth-order valence-corrected chi connectivity index (χ4v) is 5.85. The zero-order valence-corrected chi connectivity index (χ0v) is 29.1. The maximum absolute atomic E-state index is 13.0. The molecule has 0 amide bonds. The first-order chi connectivity index (χ1) is 19.4. The summed E-state index contributed by atoms with van der Waals surface area (Å²) in [6, 6.07) is 14.5. The van der Waals surface area contributed by atoms with Gasteiger partial charge in [-0.3, -0.25) is 0 Å². The van der Waals surface area contributed by atoms with Crippen LogP contribution < -0.4 is 9.47 Å². The largest absolute Gasteiger partial charge is 0.487 e. The maximum Gasteiger partial charge on any atom is 0.343 e. The Labute approximate surface area is 265 Å². The van der Waals surface area contributed by atoms with Crippen LogP contribution in [-0.4, -0.2) is 27.6 Å². The van der Waals surface area contributed by atoms with Gasteiger partial charge in [0.15, 0.2) is 0 Å². The zero-order valence-electron chi connectivity index (χ0n) is 27.0. The highest BCUT2D eigenvalue weighted by Gasteiger charge is 2.31. The maximum atomic E-state index is 13.0. The van der Waals surface area contributed by atoms with Crippen LogP contribution in [0.4, 0.5) is 0 Å². The molecule has 0 aliphatic rings. The van der Waals surface area contributed by atoms with Gasteiger partial charge in [0.05, 0.1) is 11.1 Å². The molecule has 3 rings (SSSR count). The number of hydrogen-bond donors (Lipinski definition) is 0. The summed E-state index contributed by atoms with van der Waals surface area (Å²) in [4.78, 5) is 25.5. The molecule has 0 spiro atoms. The summed E-state index contributed by atoms with van der Waals surface area (Å²) >= 11 is 2.36. The van der Waals surface area contributed by atoms with Gasteiger partial charge in [-0.25, -0.2) is 9.59 Å². The molecule has 0 N–H and O–H groups in total. The predicted octanol–water partition coefficient (Wildman–Crippen LogP) is 9.40. The average molecular weight is 685 g/mol. The molecule has 6 heteroatoms. The lowest BCUT2D eigenvalue weighted by molar-refractivity contribution is -0.00247. The molecule has 0 radical (unpaired) electrons. The van der Waals surface area contributed by atoms with Crippen molar-refractivity contribution in [2.45, 2.75) is 99.2 Å². The highest BCUT2D eigenvalue weighted by atomic mass is 127. The minimum Gasteiger partial charge on any atom is -0.487 e. The van der Waals surface area contributed by atoms with Crippen molar-refractivity contribution in [1.29, 1.82) is 0 Å². The van der Waals surface area contributed by atoms with Crippen LogP contribution in [0.25, 0.3) is 0 Å². The Hall–Kier alpha value is -2.87. The smallest absolute Gasteiger partial charge is 0.343 e. The van der Waals surface area contributed by atoms with Crippen molar-refractivity contribution < 1.29 is 23.8 Å². The van der Waals surface area contributed by atoms with Crippen LogP contribution in [0.15, 0.2) is 48.5 Å². The number of rotatable bonds is 10. The molecule has 0 saturated carbocycles. The number of benzene rings is 3. The Balaban J connectivity index is 1.84. The van der Waals surface area contributed by atoms with E-state index in [1.807, 2.05) is 32.9 Å². The van der Waals surface area contributed by atoms with E-state index in [1.165, 1.54) is 22.3 Å². The number of hydrogen-bond acceptors (Lipinski definition) is 5. The molecule has 0 bridgehead atoms. The first-order valence-corrected chi connectivity index (χ1v) is 16.0. The summed E-state index contributed by atoms with van der Waals surface area (Å²) in [7, 11) is 0. The number of alkyl halides is 1. The zero-order chi connectivity index (χ0) is 31.6. The van der Waals surface area contributed by atoms with Crippen molar-refractivity contribution in [3.63, 3.8) is 0 Å². The van der Waals surface area contributed by atoms with E-state index >= 15 is 0 Å². The van der Waals surface area contributed by atoms with E-state index in [1.54, 1.807) is 24.3 Å². The molecule has 0 unspecified atom stereocenters. The predicted molar refractivity (Wildman–Crippen MR) is 179 cm³/mol. The van der Waals surface area contributed by atoms with Gasteiger partial charge in [0.1, 0.15) is 22.7 Å². The summed E-state index contributed by atoms with van der Waals surface area (Å²) in [5.41, 5.74) is 6.59. The number of esters is 2. The molecule has 226 valence electrons. The Morgan fingerprint density at radius 3 is 1.48 bits per heavy atom. The minimum atomic E-state index is -0.550. The molecule has 0 fully saturated rings. The van der Waals surface area contributed by atoms with Crippen molar-refractivity contribution >= 4 is 34.5 Å². The fourth-order valence-electron chi connectivity index (χ4n) is 5.70. The van der Waals surface area contributed by atoms with Gasteiger partial charge < -0.3 is 14.2 Å². The summed E-state index contributed by atoms with van der Waals surface area (Å²) < 4.78 is 18.5. The summed E-state index contributed by atoms with van der Waals surface area (Å²) in [5, 5.41) is 0. The molecule has 0 atom stereocenters. The van der Waals surface area contributed by atoms with Gasteiger partial charge in [-0.15, -0.1) is 0 Å². The van der Waals surface area contributed by atoms with Crippen LogP contribution in [0, 0.1) is 27.7 Å². The van der Waals surface area contributed by atoms with Crippen molar-refractivity contribution in [3.8, 4) is 11.5 Å². The lowest BCUT2D eigenvalue weighted by atomic mass is 9.71. The van der Waals surface area contributed by atoms with Crippen LogP contribution in [0.5, 0.6) is 11.5 Å². The second kappa shape index (κ2) is 12.8. The lowest BCUT2D eigenvalue weighted by Crippen LogP contribution is -2.30. The fraction of sp³-hybridized carbons (Fsp3) is 0.444. The van der Waals surface area contributed by atoms with Crippen LogP contribution in [-0.2, 0) is 10.2 Å². The Morgan fingerprint density at radius 1 is 0.667 bits per heavy atom. The van der Waals surface area contributed by atoms with E-state index in [0.717, 1.165) is 21.3 Å². The van der Waals surface area contributed by atoms with E-state index in [2.05, 4.69) is 90.1 Å². The van der Waals surface area contributed by atoms with E-state index in [0.29, 0.717) is 23.3 Å². The van der Waals surface area contributed by atoms with Gasteiger partial charge in [0.25, 0.3) is 0 Å². The molecule has 0 saturated heterocycles. The summed E-state index contributed by atoms with van der Waals surface area (Å²) in [6.45, 7) is 22.8. The van der Waals surface area contributed by atoms with Crippen molar-refractivity contribution in [3.05, 3.63) is 93.0 Å². The van der Waals surface area contributed by atoms with Crippen LogP contribution in [0.2, 0.25) is 0 Å². The molecule has 5 nitrogen and oxygen atoms in total. The number of ether oxygens (including phenoxy) is 3. The van der Waals surface area contributed by atoms with Crippen molar-refractivity contribution in [1.82, 2.24) is 0 Å². The average Bonchev–Trinajstić information content (AvgIpc) is 2.87. The third-order valence-electron chi connectivity index (χ3n) is 7.77. The molecule has 3 aromatic rings. The molecular weight excluding hydrogens is 639 g/mol. The monoisotopic (exact) mass is 684 g/mol. The van der Waals surface area contributed by atoms with Gasteiger partial charge >= 0.3 is 11.9 Å². The number of halogens is 1. The Kier molecular flexibility index (Phi) is 10.2. The third-order valence-corrected chi connectivity index (χ3v) is 9.60. The second-order valence-corrected chi connectivity index (χ2v) is 13.7. The molecule has 3 aromatic carbocycles. The van der Waals surface area contributed by atoms with E-state index < -0.39 is 17.5 Å². The van der Waals surface area contributed by atoms with Gasteiger partial charge in [-0.1, -0.05) is 43.4 Å². The summed E-state index contributed by atoms with van der Waals surface area (Å²) in [5.74, 6) is 0.479. The SMILES string of the molecule is CCC(C)(C)OC(=O)c1ccc(C(=O)Oc2cc(C)c(C(C)(C)c3c(C)cc(OC(C)(C)CI)cc3C)c(C)c2)cc1. The van der Waals surface area contributed by atoms with Crippen LogP contribution in [0.3, 0.4) is 0 Å². The topological polar surface area (TPSA) is 61.8 Å². The second-order valence-electron chi connectivity index (χ2n) is 13.0. The number of carbonyl (C=O) groups is 2.